The van der Waals surface area contributed by atoms with Crippen LogP contribution < -0.4 is 5.32 Å². The van der Waals surface area contributed by atoms with E-state index in [0.717, 1.165) is 46.1 Å². The lowest BCUT2D eigenvalue weighted by atomic mass is 10.0. The Kier molecular flexibility index (Phi) is 4.97. The molecule has 1 N–H and O–H groups in total. The number of carbonyl (C=O) groups excluding carboxylic acids is 1. The molecule has 4 rings (SSSR count). The number of rotatable bonds is 5. The van der Waals surface area contributed by atoms with Crippen LogP contribution in [0.25, 0.3) is 16.9 Å². The van der Waals surface area contributed by atoms with Crippen molar-refractivity contribution in [1.82, 2.24) is 9.38 Å². The van der Waals surface area contributed by atoms with Gasteiger partial charge in [0.2, 0.25) is 5.91 Å². The minimum absolute atomic E-state index is 0.119. The van der Waals surface area contributed by atoms with Crippen molar-refractivity contribution >= 4 is 17.2 Å². The van der Waals surface area contributed by atoms with Crippen molar-refractivity contribution in [3.05, 3.63) is 53.9 Å². The number of hydrogen-bond donors (Lipinski definition) is 1. The van der Waals surface area contributed by atoms with Gasteiger partial charge in [-0.1, -0.05) is 43.9 Å². The SMILES string of the molecule is Cc1ccc(-c2cn3cccc(C)c3n2)cc1NC(=O)CCC1CCCC1. The van der Waals surface area contributed by atoms with Crippen molar-refractivity contribution in [2.45, 2.75) is 52.4 Å². The second-order valence-corrected chi connectivity index (χ2v) is 7.82. The molecule has 1 aromatic carbocycles. The van der Waals surface area contributed by atoms with Gasteiger partial charge in [-0.15, -0.1) is 0 Å². The molecule has 0 atom stereocenters. The van der Waals surface area contributed by atoms with Crippen LogP contribution >= 0.6 is 0 Å². The van der Waals surface area contributed by atoms with Crippen molar-refractivity contribution in [1.29, 1.82) is 0 Å². The van der Waals surface area contributed by atoms with E-state index in [1.54, 1.807) is 0 Å². The van der Waals surface area contributed by atoms with Crippen LogP contribution in [0.3, 0.4) is 0 Å². The van der Waals surface area contributed by atoms with E-state index in [0.29, 0.717) is 6.42 Å². The summed E-state index contributed by atoms with van der Waals surface area (Å²) >= 11 is 0. The average molecular weight is 361 g/mol. The number of nitrogens with one attached hydrogen (secondary N) is 1. The van der Waals surface area contributed by atoms with Crippen LogP contribution in [0.2, 0.25) is 0 Å². The normalized spacial score (nSPS) is 14.7. The Balaban J connectivity index is 1.51. The van der Waals surface area contributed by atoms with Gasteiger partial charge in [-0.25, -0.2) is 4.98 Å². The number of imidazole rings is 1. The quantitative estimate of drug-likeness (QED) is 0.650. The predicted octanol–water partition coefficient (Wildman–Crippen LogP) is 5.53. The number of nitrogens with zero attached hydrogens (tertiary/aromatic N) is 2. The van der Waals surface area contributed by atoms with Crippen LogP contribution in [0.4, 0.5) is 5.69 Å². The predicted molar refractivity (Wildman–Crippen MR) is 110 cm³/mol. The molecule has 0 aliphatic heterocycles. The molecular formula is C23H27N3O. The fourth-order valence-corrected chi connectivity index (χ4v) is 4.06. The first kappa shape index (κ1) is 17.8. The number of aromatic nitrogens is 2. The number of carbonyl (C=O) groups is 1. The van der Waals surface area contributed by atoms with E-state index in [-0.39, 0.29) is 5.91 Å². The third-order valence-corrected chi connectivity index (χ3v) is 5.74. The molecule has 1 aliphatic rings. The topological polar surface area (TPSA) is 46.4 Å². The number of benzene rings is 1. The highest BCUT2D eigenvalue weighted by Gasteiger charge is 2.16. The van der Waals surface area contributed by atoms with Crippen molar-refractivity contribution in [2.24, 2.45) is 5.92 Å². The summed E-state index contributed by atoms with van der Waals surface area (Å²) < 4.78 is 2.05. The number of pyridine rings is 1. The van der Waals surface area contributed by atoms with Crippen molar-refractivity contribution in [3.63, 3.8) is 0 Å². The second kappa shape index (κ2) is 7.55. The summed E-state index contributed by atoms with van der Waals surface area (Å²) in [5, 5.41) is 3.12. The molecule has 0 spiro atoms. The van der Waals surface area contributed by atoms with Gasteiger partial charge >= 0.3 is 0 Å². The van der Waals surface area contributed by atoms with Gasteiger partial charge in [0, 0.05) is 30.1 Å². The fourth-order valence-electron chi connectivity index (χ4n) is 4.06. The summed E-state index contributed by atoms with van der Waals surface area (Å²) in [6.45, 7) is 4.10. The van der Waals surface area contributed by atoms with Gasteiger partial charge in [0.1, 0.15) is 5.65 Å². The molecule has 4 nitrogen and oxygen atoms in total. The van der Waals surface area contributed by atoms with Crippen LogP contribution in [0, 0.1) is 19.8 Å². The maximum Gasteiger partial charge on any atom is 0.224 e. The Morgan fingerprint density at radius 3 is 2.78 bits per heavy atom. The third kappa shape index (κ3) is 3.90. The van der Waals surface area contributed by atoms with Crippen LogP contribution in [-0.2, 0) is 4.79 Å². The Bertz CT molecular complexity index is 967. The first-order valence-electron chi connectivity index (χ1n) is 9.95. The first-order chi connectivity index (χ1) is 13.1. The summed E-state index contributed by atoms with van der Waals surface area (Å²) in [5.41, 5.74) is 6.03. The standard InChI is InChI=1S/C23H27N3O/c1-16-9-11-19(21-15-26-13-5-6-17(2)23(26)25-21)14-20(16)24-22(27)12-10-18-7-3-4-8-18/h5-6,9,11,13-15,18H,3-4,7-8,10,12H2,1-2H3,(H,24,27). The molecule has 3 aromatic rings. The smallest absolute Gasteiger partial charge is 0.224 e. The summed E-state index contributed by atoms with van der Waals surface area (Å²) in [4.78, 5) is 17.2. The molecule has 4 heteroatoms. The molecule has 140 valence electrons. The Hall–Kier alpha value is -2.62. The Morgan fingerprint density at radius 2 is 2.00 bits per heavy atom. The van der Waals surface area contributed by atoms with Gasteiger partial charge in [-0.3, -0.25) is 4.79 Å². The monoisotopic (exact) mass is 361 g/mol. The van der Waals surface area contributed by atoms with Crippen LogP contribution in [0.5, 0.6) is 0 Å². The van der Waals surface area contributed by atoms with Crippen molar-refractivity contribution in [2.75, 3.05) is 5.32 Å². The zero-order chi connectivity index (χ0) is 18.8. The molecule has 1 saturated carbocycles. The summed E-state index contributed by atoms with van der Waals surface area (Å²) in [6, 6.07) is 10.3. The molecule has 0 radical (unpaired) electrons. The van der Waals surface area contributed by atoms with Gasteiger partial charge in [0.05, 0.1) is 5.69 Å². The largest absolute Gasteiger partial charge is 0.326 e. The number of fused-ring (bicyclic) bond motifs is 1. The lowest BCUT2D eigenvalue weighted by Gasteiger charge is -2.12. The number of hydrogen-bond acceptors (Lipinski definition) is 2. The summed E-state index contributed by atoms with van der Waals surface area (Å²) in [5.74, 6) is 0.859. The summed E-state index contributed by atoms with van der Waals surface area (Å²) in [7, 11) is 0. The van der Waals surface area contributed by atoms with E-state index in [1.807, 2.05) is 35.9 Å². The highest BCUT2D eigenvalue weighted by molar-refractivity contribution is 5.92. The maximum atomic E-state index is 12.4. The van der Waals surface area contributed by atoms with Gasteiger partial charge < -0.3 is 9.72 Å². The van der Waals surface area contributed by atoms with Crippen LogP contribution in [0.15, 0.2) is 42.7 Å². The first-order valence-corrected chi connectivity index (χ1v) is 9.95. The lowest BCUT2D eigenvalue weighted by Crippen LogP contribution is -2.13. The van der Waals surface area contributed by atoms with E-state index in [2.05, 4.69) is 30.4 Å². The molecule has 1 fully saturated rings. The zero-order valence-electron chi connectivity index (χ0n) is 16.2. The van der Waals surface area contributed by atoms with E-state index in [1.165, 1.54) is 25.7 Å². The number of aryl methyl sites for hydroxylation is 2. The molecule has 0 saturated heterocycles. The summed E-state index contributed by atoms with van der Waals surface area (Å²) in [6.07, 6.45) is 10.9. The third-order valence-electron chi connectivity index (χ3n) is 5.74. The van der Waals surface area contributed by atoms with E-state index < -0.39 is 0 Å². The highest BCUT2D eigenvalue weighted by Crippen LogP contribution is 2.29. The van der Waals surface area contributed by atoms with Gasteiger partial charge in [-0.2, -0.15) is 0 Å². The number of amides is 1. The van der Waals surface area contributed by atoms with Gasteiger partial charge in [-0.05, 0) is 49.4 Å². The molecule has 27 heavy (non-hydrogen) atoms. The Labute approximate surface area is 160 Å². The van der Waals surface area contributed by atoms with Gasteiger partial charge in [0.15, 0.2) is 0 Å². The average Bonchev–Trinajstić information content (AvgIpc) is 3.32. The van der Waals surface area contributed by atoms with Crippen molar-refractivity contribution < 1.29 is 4.79 Å². The second-order valence-electron chi connectivity index (χ2n) is 7.82. The molecule has 0 bridgehead atoms. The lowest BCUT2D eigenvalue weighted by molar-refractivity contribution is -0.116. The molecule has 0 unspecified atom stereocenters. The van der Waals surface area contributed by atoms with E-state index >= 15 is 0 Å². The van der Waals surface area contributed by atoms with Crippen LogP contribution in [0.1, 0.15) is 49.7 Å². The highest BCUT2D eigenvalue weighted by atomic mass is 16.1. The number of anilines is 1. The molecule has 2 heterocycles. The Morgan fingerprint density at radius 1 is 1.19 bits per heavy atom. The van der Waals surface area contributed by atoms with Crippen LogP contribution in [-0.4, -0.2) is 15.3 Å². The minimum atomic E-state index is 0.119. The van der Waals surface area contributed by atoms with E-state index in [9.17, 15) is 4.79 Å². The fraction of sp³-hybridized carbons (Fsp3) is 0.391. The molecular weight excluding hydrogens is 334 g/mol. The van der Waals surface area contributed by atoms with Crippen molar-refractivity contribution in [3.8, 4) is 11.3 Å². The minimum Gasteiger partial charge on any atom is -0.326 e. The molecule has 1 amide bonds. The maximum absolute atomic E-state index is 12.4. The molecule has 1 aliphatic carbocycles. The zero-order valence-corrected chi connectivity index (χ0v) is 16.2. The molecule has 2 aromatic heterocycles. The van der Waals surface area contributed by atoms with Gasteiger partial charge in [0.25, 0.3) is 0 Å². The van der Waals surface area contributed by atoms with E-state index in [4.69, 9.17) is 4.98 Å².